The number of hydrogen-bond acceptors (Lipinski definition) is 3. The van der Waals surface area contributed by atoms with Gasteiger partial charge >= 0.3 is 6.18 Å². The first-order chi connectivity index (χ1) is 12.8. The van der Waals surface area contributed by atoms with Crippen molar-refractivity contribution in [2.75, 3.05) is 43.4 Å². The number of anilines is 2. The summed E-state index contributed by atoms with van der Waals surface area (Å²) in [4.78, 5) is 16.5. The molecule has 0 spiro atoms. The van der Waals surface area contributed by atoms with E-state index >= 15 is 0 Å². The van der Waals surface area contributed by atoms with E-state index in [1.54, 1.807) is 30.3 Å². The summed E-state index contributed by atoms with van der Waals surface area (Å²) in [5, 5.41) is 2.40. The van der Waals surface area contributed by atoms with E-state index in [2.05, 4.69) is 26.1 Å². The van der Waals surface area contributed by atoms with Gasteiger partial charge in [0.2, 0.25) is 0 Å². The Bertz CT molecular complexity index is 833. The van der Waals surface area contributed by atoms with Crippen LogP contribution in [0.2, 0.25) is 0 Å². The van der Waals surface area contributed by atoms with Crippen molar-refractivity contribution in [3.05, 3.63) is 58.1 Å². The lowest BCUT2D eigenvalue weighted by atomic mass is 10.1. The predicted octanol–water partition coefficient (Wildman–Crippen LogP) is 4.47. The van der Waals surface area contributed by atoms with E-state index in [9.17, 15) is 18.0 Å². The number of amides is 1. The molecule has 1 aliphatic rings. The number of halogens is 4. The first kappa shape index (κ1) is 19.7. The lowest BCUT2D eigenvalue weighted by Gasteiger charge is -2.34. The quantitative estimate of drug-likeness (QED) is 0.762. The molecule has 2 aromatic rings. The average Bonchev–Trinajstić information content (AvgIpc) is 2.62. The number of nitrogens with zero attached hydrogens (tertiary/aromatic N) is 2. The minimum atomic E-state index is -4.57. The molecule has 144 valence electrons. The summed E-state index contributed by atoms with van der Waals surface area (Å²) in [6.45, 7) is 2.91. The fourth-order valence-electron chi connectivity index (χ4n) is 2.97. The van der Waals surface area contributed by atoms with Crippen LogP contribution in [0.5, 0.6) is 0 Å². The number of carbonyl (C=O) groups is 1. The molecule has 1 aliphatic heterocycles. The van der Waals surface area contributed by atoms with Crippen LogP contribution in [0.25, 0.3) is 0 Å². The molecule has 0 saturated carbocycles. The predicted molar refractivity (Wildman–Crippen MR) is 103 cm³/mol. The fraction of sp³-hybridized carbons (Fsp3) is 0.316. The molecule has 0 bridgehead atoms. The lowest BCUT2D eigenvalue weighted by molar-refractivity contribution is -0.136. The maximum Gasteiger partial charge on any atom is 0.418 e. The standard InChI is InChI=1S/C19H19BrF3N3O/c1-25-8-10-26(11-9-25)13-6-7-17(15(12-13)19(21,22)23)24-18(27)14-4-2-3-5-16(14)20/h2-7,12H,8-11H2,1H3,(H,24,27). The van der Waals surface area contributed by atoms with E-state index in [-0.39, 0.29) is 11.3 Å². The normalized spacial score (nSPS) is 15.7. The molecular formula is C19H19BrF3N3O. The number of hydrogen-bond donors (Lipinski definition) is 1. The van der Waals surface area contributed by atoms with Crippen LogP contribution in [0, 0.1) is 0 Å². The van der Waals surface area contributed by atoms with Crippen LogP contribution in [-0.4, -0.2) is 44.0 Å². The second-order valence-electron chi connectivity index (χ2n) is 6.45. The largest absolute Gasteiger partial charge is 0.418 e. The Balaban J connectivity index is 1.89. The highest BCUT2D eigenvalue weighted by molar-refractivity contribution is 9.10. The van der Waals surface area contributed by atoms with Gasteiger partial charge in [-0.25, -0.2) is 0 Å². The highest BCUT2D eigenvalue weighted by Gasteiger charge is 2.35. The third-order valence-electron chi connectivity index (χ3n) is 4.54. The Morgan fingerprint density at radius 1 is 1.07 bits per heavy atom. The maximum absolute atomic E-state index is 13.6. The average molecular weight is 442 g/mol. The van der Waals surface area contributed by atoms with Crippen LogP contribution in [0.3, 0.4) is 0 Å². The summed E-state index contributed by atoms with van der Waals surface area (Å²) in [7, 11) is 1.98. The minimum Gasteiger partial charge on any atom is -0.369 e. The summed E-state index contributed by atoms with van der Waals surface area (Å²) in [6.07, 6.45) is -4.57. The summed E-state index contributed by atoms with van der Waals surface area (Å²) < 4.78 is 41.3. The van der Waals surface area contributed by atoms with Crippen LogP contribution < -0.4 is 10.2 Å². The van der Waals surface area contributed by atoms with Crippen molar-refractivity contribution in [3.8, 4) is 0 Å². The van der Waals surface area contributed by atoms with Crippen molar-refractivity contribution < 1.29 is 18.0 Å². The zero-order valence-electron chi connectivity index (χ0n) is 14.7. The molecule has 4 nitrogen and oxygen atoms in total. The molecule has 2 aromatic carbocycles. The summed E-state index contributed by atoms with van der Waals surface area (Å²) in [6, 6.07) is 10.7. The zero-order valence-corrected chi connectivity index (χ0v) is 16.3. The van der Waals surface area contributed by atoms with E-state index in [0.29, 0.717) is 23.2 Å². The van der Waals surface area contributed by atoms with Crippen LogP contribution in [0.4, 0.5) is 24.5 Å². The van der Waals surface area contributed by atoms with Gasteiger partial charge in [-0.05, 0) is 53.3 Å². The van der Waals surface area contributed by atoms with Crippen LogP contribution >= 0.6 is 15.9 Å². The second-order valence-corrected chi connectivity index (χ2v) is 7.31. The van der Waals surface area contributed by atoms with Gasteiger partial charge in [-0.3, -0.25) is 4.79 Å². The Morgan fingerprint density at radius 3 is 2.37 bits per heavy atom. The van der Waals surface area contributed by atoms with Crippen molar-refractivity contribution in [3.63, 3.8) is 0 Å². The van der Waals surface area contributed by atoms with Gasteiger partial charge in [0.15, 0.2) is 0 Å². The smallest absolute Gasteiger partial charge is 0.369 e. The minimum absolute atomic E-state index is 0.249. The van der Waals surface area contributed by atoms with Gasteiger partial charge < -0.3 is 15.1 Å². The van der Waals surface area contributed by atoms with Crippen molar-refractivity contribution in [2.45, 2.75) is 6.18 Å². The van der Waals surface area contributed by atoms with E-state index in [0.717, 1.165) is 19.2 Å². The number of likely N-dealkylation sites (N-methyl/N-ethyl adjacent to an activating group) is 1. The first-order valence-corrected chi connectivity index (χ1v) is 9.25. The molecule has 0 unspecified atom stereocenters. The Morgan fingerprint density at radius 2 is 1.74 bits per heavy atom. The molecule has 0 aromatic heterocycles. The van der Waals surface area contributed by atoms with Crippen molar-refractivity contribution in [1.29, 1.82) is 0 Å². The highest BCUT2D eigenvalue weighted by atomic mass is 79.9. The van der Waals surface area contributed by atoms with Crippen LogP contribution in [0.15, 0.2) is 46.9 Å². The Kier molecular flexibility index (Phi) is 5.76. The topological polar surface area (TPSA) is 35.6 Å². The third kappa shape index (κ3) is 4.62. The number of alkyl halides is 3. The van der Waals surface area contributed by atoms with Crippen molar-refractivity contribution in [1.82, 2.24) is 4.90 Å². The molecule has 0 aliphatic carbocycles. The van der Waals surface area contributed by atoms with E-state index in [1.165, 1.54) is 6.07 Å². The van der Waals surface area contributed by atoms with Gasteiger partial charge in [0.25, 0.3) is 5.91 Å². The lowest BCUT2D eigenvalue weighted by Crippen LogP contribution is -2.44. The number of benzene rings is 2. The Labute approximate surface area is 164 Å². The molecule has 1 N–H and O–H groups in total. The molecule has 1 fully saturated rings. The number of rotatable bonds is 3. The Hall–Kier alpha value is -2.06. The zero-order chi connectivity index (χ0) is 19.6. The van der Waals surface area contributed by atoms with Gasteiger partial charge in [-0.1, -0.05) is 12.1 Å². The van der Waals surface area contributed by atoms with Gasteiger partial charge in [0, 0.05) is 36.3 Å². The van der Waals surface area contributed by atoms with E-state index in [1.807, 2.05) is 11.9 Å². The molecule has 27 heavy (non-hydrogen) atoms. The van der Waals surface area contributed by atoms with Crippen LogP contribution in [0.1, 0.15) is 15.9 Å². The summed E-state index contributed by atoms with van der Waals surface area (Å²) >= 11 is 3.24. The molecule has 1 heterocycles. The summed E-state index contributed by atoms with van der Waals surface area (Å²) in [5.41, 5.74) is -0.316. The molecule has 3 rings (SSSR count). The van der Waals surface area contributed by atoms with Gasteiger partial charge in [-0.2, -0.15) is 13.2 Å². The summed E-state index contributed by atoms with van der Waals surface area (Å²) in [5.74, 6) is -0.597. The van der Waals surface area contributed by atoms with E-state index in [4.69, 9.17) is 0 Å². The maximum atomic E-state index is 13.6. The monoisotopic (exact) mass is 441 g/mol. The first-order valence-electron chi connectivity index (χ1n) is 8.46. The van der Waals surface area contributed by atoms with Crippen molar-refractivity contribution >= 4 is 33.2 Å². The second kappa shape index (κ2) is 7.90. The molecule has 8 heteroatoms. The SMILES string of the molecule is CN1CCN(c2ccc(NC(=O)c3ccccc3Br)c(C(F)(F)F)c2)CC1. The van der Waals surface area contributed by atoms with E-state index < -0.39 is 17.6 Å². The van der Waals surface area contributed by atoms with Crippen molar-refractivity contribution in [2.24, 2.45) is 0 Å². The molecule has 0 radical (unpaired) electrons. The van der Waals surface area contributed by atoms with Gasteiger partial charge in [0.05, 0.1) is 16.8 Å². The molecule has 0 atom stereocenters. The van der Waals surface area contributed by atoms with Crippen LogP contribution in [-0.2, 0) is 6.18 Å². The van der Waals surface area contributed by atoms with Gasteiger partial charge in [-0.15, -0.1) is 0 Å². The highest BCUT2D eigenvalue weighted by Crippen LogP contribution is 2.38. The number of nitrogens with one attached hydrogen (secondary N) is 1. The third-order valence-corrected chi connectivity index (χ3v) is 5.24. The molecule has 1 amide bonds. The van der Waals surface area contributed by atoms with Gasteiger partial charge in [0.1, 0.15) is 0 Å². The fourth-order valence-corrected chi connectivity index (χ4v) is 3.44. The number of piperazine rings is 1. The molecule has 1 saturated heterocycles. The molecular weight excluding hydrogens is 423 g/mol. The number of carbonyl (C=O) groups excluding carboxylic acids is 1.